The van der Waals surface area contributed by atoms with Gasteiger partial charge >= 0.3 is 0 Å². The fourth-order valence-corrected chi connectivity index (χ4v) is 3.88. The molecule has 5 rings (SSSR count). The number of aromatic nitrogens is 2. The minimum atomic E-state index is -0.322. The van der Waals surface area contributed by atoms with Gasteiger partial charge in [-0.25, -0.2) is 8.78 Å². The van der Waals surface area contributed by atoms with E-state index in [-0.39, 0.29) is 24.1 Å². The molecule has 1 amide bonds. The molecule has 162 valence electrons. The molecule has 0 spiro atoms. The number of carbonyl (C=O) groups is 1. The van der Waals surface area contributed by atoms with Gasteiger partial charge in [-0.15, -0.1) is 0 Å². The molecule has 6 heteroatoms. The summed E-state index contributed by atoms with van der Waals surface area (Å²) in [5.74, 6) is -0.903. The molecule has 0 saturated heterocycles. The normalized spacial score (nSPS) is 11.5. The van der Waals surface area contributed by atoms with Gasteiger partial charge in [-0.1, -0.05) is 36.4 Å². The van der Waals surface area contributed by atoms with Gasteiger partial charge in [0.25, 0.3) is 0 Å². The number of nitrogens with one attached hydrogen (secondary N) is 1. The maximum absolute atomic E-state index is 13.9. The maximum atomic E-state index is 13.9. The first kappa shape index (κ1) is 20.6. The minimum absolute atomic E-state index is 0.252. The quantitative estimate of drug-likeness (QED) is 0.353. The summed E-state index contributed by atoms with van der Waals surface area (Å²) >= 11 is 0. The van der Waals surface area contributed by atoms with Crippen LogP contribution in [0.15, 0.2) is 91.1 Å². The molecule has 2 heterocycles. The smallest absolute Gasteiger partial charge is 0.244 e. The Morgan fingerprint density at radius 3 is 2.52 bits per heavy atom. The molecule has 1 N–H and O–H groups in total. The third-order valence-corrected chi connectivity index (χ3v) is 5.42. The number of pyridine rings is 1. The number of carbonyl (C=O) groups excluding carboxylic acids is 1. The van der Waals surface area contributed by atoms with E-state index in [4.69, 9.17) is 0 Å². The number of hydrogen-bond acceptors (Lipinski definition) is 2. The van der Waals surface area contributed by atoms with Crippen LogP contribution in [-0.4, -0.2) is 15.5 Å². The lowest BCUT2D eigenvalue weighted by Crippen LogP contribution is -2.20. The summed E-state index contributed by atoms with van der Waals surface area (Å²) in [4.78, 5) is 16.7. The van der Waals surface area contributed by atoms with Gasteiger partial charge in [-0.3, -0.25) is 9.78 Å². The van der Waals surface area contributed by atoms with Crippen molar-refractivity contribution in [2.45, 2.75) is 6.54 Å². The standard InChI is InChI=1S/C27H19F2N3O/c28-19-11-8-18(9-12-19)10-13-27(33)31-16-21-15-24-23-6-1-2-7-25(23)32(26(24)17-30-21)22-5-3-4-20(29)14-22/h1-15,17H,16H2,(H,31,33)/b13-10+. The molecule has 0 bridgehead atoms. The number of nitrogens with zero attached hydrogens (tertiary/aromatic N) is 2. The van der Waals surface area contributed by atoms with E-state index in [1.807, 2.05) is 41.0 Å². The van der Waals surface area contributed by atoms with Gasteiger partial charge in [0, 0.05) is 22.5 Å². The van der Waals surface area contributed by atoms with E-state index in [1.165, 1.54) is 30.3 Å². The number of hydrogen-bond donors (Lipinski definition) is 1. The maximum Gasteiger partial charge on any atom is 0.244 e. The molecule has 0 atom stereocenters. The Morgan fingerprint density at radius 1 is 0.879 bits per heavy atom. The largest absolute Gasteiger partial charge is 0.347 e. The van der Waals surface area contributed by atoms with Crippen LogP contribution in [0.2, 0.25) is 0 Å². The summed E-state index contributed by atoms with van der Waals surface area (Å²) in [6.45, 7) is 0.252. The molecule has 2 aromatic heterocycles. The van der Waals surface area contributed by atoms with Crippen LogP contribution in [0.1, 0.15) is 11.3 Å². The van der Waals surface area contributed by atoms with Crippen molar-refractivity contribution in [2.75, 3.05) is 0 Å². The second-order valence-corrected chi connectivity index (χ2v) is 7.63. The highest BCUT2D eigenvalue weighted by Crippen LogP contribution is 2.32. The molecule has 0 fully saturated rings. The van der Waals surface area contributed by atoms with Crippen molar-refractivity contribution >= 4 is 33.8 Å². The fourth-order valence-electron chi connectivity index (χ4n) is 3.88. The van der Waals surface area contributed by atoms with Crippen LogP contribution in [-0.2, 0) is 11.3 Å². The lowest BCUT2D eigenvalue weighted by atomic mass is 10.1. The lowest BCUT2D eigenvalue weighted by molar-refractivity contribution is -0.116. The molecule has 33 heavy (non-hydrogen) atoms. The first-order valence-electron chi connectivity index (χ1n) is 10.4. The minimum Gasteiger partial charge on any atom is -0.347 e. The molecular formula is C27H19F2N3O. The topological polar surface area (TPSA) is 46.9 Å². The first-order valence-corrected chi connectivity index (χ1v) is 10.4. The van der Waals surface area contributed by atoms with Crippen molar-refractivity contribution in [1.82, 2.24) is 14.9 Å². The Bertz CT molecular complexity index is 1500. The van der Waals surface area contributed by atoms with E-state index in [0.29, 0.717) is 5.69 Å². The van der Waals surface area contributed by atoms with Crippen molar-refractivity contribution in [3.63, 3.8) is 0 Å². The third kappa shape index (κ3) is 4.23. The van der Waals surface area contributed by atoms with Crippen LogP contribution in [0, 0.1) is 11.6 Å². The zero-order valence-corrected chi connectivity index (χ0v) is 17.5. The molecule has 4 nitrogen and oxygen atoms in total. The summed E-state index contributed by atoms with van der Waals surface area (Å²) in [5, 5.41) is 4.81. The second-order valence-electron chi connectivity index (χ2n) is 7.63. The van der Waals surface area contributed by atoms with Gasteiger partial charge < -0.3 is 9.88 Å². The van der Waals surface area contributed by atoms with Crippen LogP contribution in [0.3, 0.4) is 0 Å². The molecular weight excluding hydrogens is 420 g/mol. The molecule has 0 aliphatic carbocycles. The number of para-hydroxylation sites is 1. The van der Waals surface area contributed by atoms with Gasteiger partial charge in [0.15, 0.2) is 0 Å². The van der Waals surface area contributed by atoms with Crippen molar-refractivity contribution in [1.29, 1.82) is 0 Å². The van der Waals surface area contributed by atoms with Gasteiger partial charge in [0.05, 0.1) is 29.5 Å². The monoisotopic (exact) mass is 439 g/mol. The summed E-state index contributed by atoms with van der Waals surface area (Å²) < 4.78 is 28.9. The number of rotatable bonds is 5. The van der Waals surface area contributed by atoms with Gasteiger partial charge in [0.1, 0.15) is 11.6 Å². The van der Waals surface area contributed by atoms with Crippen molar-refractivity contribution in [2.24, 2.45) is 0 Å². The summed E-state index contributed by atoms with van der Waals surface area (Å²) in [6, 6.07) is 22.2. The molecule has 0 aliphatic heterocycles. The average molecular weight is 439 g/mol. The second kappa shape index (κ2) is 8.67. The number of amides is 1. The fraction of sp³-hybridized carbons (Fsp3) is 0.0370. The Morgan fingerprint density at radius 2 is 1.70 bits per heavy atom. The molecule has 0 radical (unpaired) electrons. The number of fused-ring (bicyclic) bond motifs is 3. The summed E-state index contributed by atoms with van der Waals surface area (Å²) in [6.07, 6.45) is 4.77. The van der Waals surface area contributed by atoms with E-state index in [0.717, 1.165) is 33.1 Å². The van der Waals surface area contributed by atoms with E-state index >= 15 is 0 Å². The highest BCUT2D eigenvalue weighted by Gasteiger charge is 2.13. The van der Waals surface area contributed by atoms with Crippen molar-refractivity contribution < 1.29 is 13.6 Å². The van der Waals surface area contributed by atoms with Crippen molar-refractivity contribution in [3.05, 3.63) is 114 Å². The van der Waals surface area contributed by atoms with E-state index in [2.05, 4.69) is 10.3 Å². The van der Waals surface area contributed by atoms with Crippen LogP contribution in [0.5, 0.6) is 0 Å². The highest BCUT2D eigenvalue weighted by atomic mass is 19.1. The van der Waals surface area contributed by atoms with Crippen LogP contribution in [0.4, 0.5) is 8.78 Å². The number of benzene rings is 3. The molecule has 3 aromatic carbocycles. The predicted molar refractivity (Wildman–Crippen MR) is 126 cm³/mol. The Labute approximate surface area is 188 Å². The Kier molecular flexibility index (Phi) is 5.40. The van der Waals surface area contributed by atoms with Gasteiger partial charge in [-0.2, -0.15) is 0 Å². The zero-order chi connectivity index (χ0) is 22.8. The van der Waals surface area contributed by atoms with Crippen molar-refractivity contribution in [3.8, 4) is 5.69 Å². The Hall–Kier alpha value is -4.32. The van der Waals surface area contributed by atoms with E-state index in [9.17, 15) is 13.6 Å². The predicted octanol–water partition coefficient (Wildman–Crippen LogP) is 5.79. The molecule has 0 unspecified atom stereocenters. The van der Waals surface area contributed by atoms with Gasteiger partial charge in [0.2, 0.25) is 5.91 Å². The number of halogens is 2. The summed E-state index contributed by atoms with van der Waals surface area (Å²) in [7, 11) is 0. The SMILES string of the molecule is O=C(/C=C/c1ccc(F)cc1)NCc1cc2c3ccccc3n(-c3cccc(F)c3)c2cn1. The lowest BCUT2D eigenvalue weighted by Gasteiger charge is -2.08. The molecule has 0 aliphatic rings. The Balaban J connectivity index is 1.42. The first-order chi connectivity index (χ1) is 16.1. The van der Waals surface area contributed by atoms with Crippen LogP contribution >= 0.6 is 0 Å². The van der Waals surface area contributed by atoms with E-state index < -0.39 is 0 Å². The van der Waals surface area contributed by atoms with Gasteiger partial charge in [-0.05, 0) is 54.1 Å². The van der Waals surface area contributed by atoms with E-state index in [1.54, 1.807) is 30.5 Å². The molecule has 5 aromatic rings. The summed E-state index contributed by atoms with van der Waals surface area (Å²) in [5.41, 5.74) is 3.95. The highest BCUT2D eigenvalue weighted by molar-refractivity contribution is 6.09. The third-order valence-electron chi connectivity index (χ3n) is 5.42. The van der Waals surface area contributed by atoms with Crippen LogP contribution in [0.25, 0.3) is 33.6 Å². The molecule has 0 saturated carbocycles. The van der Waals surface area contributed by atoms with Crippen LogP contribution < -0.4 is 5.32 Å². The average Bonchev–Trinajstić information content (AvgIpc) is 3.16. The zero-order valence-electron chi connectivity index (χ0n) is 17.5.